The highest BCUT2D eigenvalue weighted by atomic mass is 16.5. The van der Waals surface area contributed by atoms with Gasteiger partial charge in [-0.05, 0) is 30.4 Å². The Kier molecular flexibility index (Phi) is 9.94. The van der Waals surface area contributed by atoms with Crippen LogP contribution in [0.25, 0.3) is 0 Å². The molecule has 6 nitrogen and oxygen atoms in total. The Morgan fingerprint density at radius 3 is 2.80 bits per heavy atom. The molecule has 0 bridgehead atoms. The minimum atomic E-state index is -0.813. The Labute approximate surface area is 177 Å². The van der Waals surface area contributed by atoms with Crippen LogP contribution in [0.15, 0.2) is 48.6 Å². The number of ether oxygens (including phenoxy) is 1. The number of carbonyl (C=O) groups is 2. The molecule has 4 atom stereocenters. The lowest BCUT2D eigenvalue weighted by Crippen LogP contribution is -2.19. The van der Waals surface area contributed by atoms with E-state index in [1.807, 2.05) is 36.4 Å². The van der Waals surface area contributed by atoms with Gasteiger partial charge in [-0.15, -0.1) is 0 Å². The minimum Gasteiger partial charge on any atom is -0.481 e. The molecular formula is C24H32O6. The Morgan fingerprint density at radius 2 is 2.07 bits per heavy atom. The molecule has 30 heavy (non-hydrogen) atoms. The van der Waals surface area contributed by atoms with Gasteiger partial charge in [0.2, 0.25) is 0 Å². The first-order chi connectivity index (χ1) is 14.4. The normalized spacial score (nSPS) is 22.9. The Hall–Kier alpha value is -2.28. The van der Waals surface area contributed by atoms with Gasteiger partial charge in [-0.3, -0.25) is 9.59 Å². The van der Waals surface area contributed by atoms with E-state index >= 15 is 0 Å². The monoisotopic (exact) mass is 416 g/mol. The molecule has 0 saturated heterocycles. The molecule has 1 saturated carbocycles. The van der Waals surface area contributed by atoms with E-state index in [1.165, 1.54) is 0 Å². The summed E-state index contributed by atoms with van der Waals surface area (Å²) >= 11 is 0. The van der Waals surface area contributed by atoms with Crippen LogP contribution in [0.4, 0.5) is 0 Å². The van der Waals surface area contributed by atoms with Gasteiger partial charge in [0, 0.05) is 38.2 Å². The molecule has 0 spiro atoms. The number of methoxy groups -OCH3 is 1. The van der Waals surface area contributed by atoms with Gasteiger partial charge in [0.15, 0.2) is 0 Å². The number of unbranched alkanes of at least 4 members (excludes halogenated alkanes) is 1. The number of benzene rings is 1. The molecule has 164 valence electrons. The van der Waals surface area contributed by atoms with Crippen molar-refractivity contribution in [1.82, 2.24) is 0 Å². The average Bonchev–Trinajstić information content (AvgIpc) is 2.95. The van der Waals surface area contributed by atoms with Crippen LogP contribution < -0.4 is 0 Å². The third kappa shape index (κ3) is 7.86. The number of aliphatic hydroxyl groups excluding tert-OH is 2. The largest absolute Gasteiger partial charge is 0.481 e. The summed E-state index contributed by atoms with van der Waals surface area (Å²) in [6.45, 7) is 0.516. The lowest BCUT2D eigenvalue weighted by molar-refractivity contribution is -0.137. The lowest BCUT2D eigenvalue weighted by Gasteiger charge is -2.17. The van der Waals surface area contributed by atoms with Crippen LogP contribution in [-0.4, -0.2) is 46.4 Å². The average molecular weight is 417 g/mol. The second-order valence-corrected chi connectivity index (χ2v) is 7.82. The zero-order chi connectivity index (χ0) is 21.9. The first kappa shape index (κ1) is 24.0. The summed E-state index contributed by atoms with van der Waals surface area (Å²) in [7, 11) is 1.64. The zero-order valence-corrected chi connectivity index (χ0v) is 17.4. The number of rotatable bonds is 12. The third-order valence-electron chi connectivity index (χ3n) is 5.35. The van der Waals surface area contributed by atoms with Crippen LogP contribution in [0, 0.1) is 11.8 Å². The minimum absolute atomic E-state index is 0.0223. The fourth-order valence-corrected chi connectivity index (χ4v) is 3.84. The van der Waals surface area contributed by atoms with Crippen LogP contribution in [0.3, 0.4) is 0 Å². The summed E-state index contributed by atoms with van der Waals surface area (Å²) in [5.41, 5.74) is 2.03. The quantitative estimate of drug-likeness (QED) is 0.357. The molecule has 0 aliphatic heterocycles. The number of aliphatic carboxylic acids is 1. The molecular weight excluding hydrogens is 384 g/mol. The predicted octanol–water partition coefficient (Wildman–Crippen LogP) is 3.06. The smallest absolute Gasteiger partial charge is 0.303 e. The Bertz CT molecular complexity index is 754. The summed E-state index contributed by atoms with van der Waals surface area (Å²) in [5, 5.41) is 29.3. The molecule has 1 aliphatic carbocycles. The highest BCUT2D eigenvalue weighted by Gasteiger charge is 2.39. The molecule has 0 amide bonds. The highest BCUT2D eigenvalue weighted by molar-refractivity contribution is 5.84. The van der Waals surface area contributed by atoms with E-state index in [4.69, 9.17) is 9.84 Å². The van der Waals surface area contributed by atoms with E-state index in [-0.39, 0.29) is 30.5 Å². The van der Waals surface area contributed by atoms with Gasteiger partial charge < -0.3 is 20.1 Å². The van der Waals surface area contributed by atoms with Gasteiger partial charge in [-0.1, -0.05) is 48.6 Å². The molecule has 1 aromatic carbocycles. The number of carboxylic acid groups (broad SMARTS) is 1. The number of aliphatic hydroxyl groups is 2. The van der Waals surface area contributed by atoms with E-state index in [2.05, 4.69) is 0 Å². The maximum absolute atomic E-state index is 12.3. The molecule has 2 rings (SSSR count). The molecule has 0 aromatic heterocycles. The topological polar surface area (TPSA) is 104 Å². The Balaban J connectivity index is 1.90. The van der Waals surface area contributed by atoms with Crippen molar-refractivity contribution in [2.24, 2.45) is 11.8 Å². The molecule has 6 heteroatoms. The SMILES string of the molecule is COCc1cccc(C[C@H](O)C=C[C@H]2[C@H](O)CC(=O)[C@@H]2CC=CCCCC(=O)O)c1. The highest BCUT2D eigenvalue weighted by Crippen LogP contribution is 2.33. The van der Waals surface area contributed by atoms with E-state index < -0.39 is 18.2 Å². The standard InChI is InChI=1S/C24H32O6/c1-30-16-18-8-6-7-17(13-18)14-19(25)11-12-21-20(22(26)15-23(21)27)9-4-2-3-5-10-24(28)29/h2,4,6-8,11-13,19-21,23,25,27H,3,5,9-10,14-16H2,1H3,(H,28,29)/t19-,20-,21-,23-/m1/s1. The number of carboxylic acids is 1. The van der Waals surface area contributed by atoms with Crippen molar-refractivity contribution in [3.8, 4) is 0 Å². The van der Waals surface area contributed by atoms with Crippen molar-refractivity contribution in [3.05, 3.63) is 59.7 Å². The van der Waals surface area contributed by atoms with Gasteiger partial charge in [0.25, 0.3) is 0 Å². The Morgan fingerprint density at radius 1 is 1.30 bits per heavy atom. The van der Waals surface area contributed by atoms with Gasteiger partial charge >= 0.3 is 5.97 Å². The number of hydrogen-bond donors (Lipinski definition) is 3. The maximum atomic E-state index is 12.3. The fraction of sp³-hybridized carbons (Fsp3) is 0.500. The van der Waals surface area contributed by atoms with E-state index in [0.717, 1.165) is 11.1 Å². The van der Waals surface area contributed by atoms with Crippen LogP contribution in [0.1, 0.15) is 43.2 Å². The number of allylic oxidation sites excluding steroid dienone is 2. The first-order valence-electron chi connectivity index (χ1n) is 10.4. The van der Waals surface area contributed by atoms with Crippen molar-refractivity contribution in [2.45, 2.75) is 57.3 Å². The van der Waals surface area contributed by atoms with Crippen molar-refractivity contribution in [2.75, 3.05) is 7.11 Å². The van der Waals surface area contributed by atoms with Gasteiger partial charge in [0.05, 0.1) is 18.8 Å². The lowest BCUT2D eigenvalue weighted by atomic mass is 9.90. The van der Waals surface area contributed by atoms with Crippen molar-refractivity contribution in [1.29, 1.82) is 0 Å². The van der Waals surface area contributed by atoms with Gasteiger partial charge in [0.1, 0.15) is 5.78 Å². The molecule has 1 aliphatic rings. The van der Waals surface area contributed by atoms with Crippen LogP contribution in [0.2, 0.25) is 0 Å². The van der Waals surface area contributed by atoms with Crippen LogP contribution in [0.5, 0.6) is 0 Å². The fourth-order valence-electron chi connectivity index (χ4n) is 3.84. The first-order valence-corrected chi connectivity index (χ1v) is 10.4. The summed E-state index contributed by atoms with van der Waals surface area (Å²) < 4.78 is 5.13. The summed E-state index contributed by atoms with van der Waals surface area (Å²) in [6.07, 6.45) is 8.18. The number of ketones is 1. The van der Waals surface area contributed by atoms with E-state index in [0.29, 0.717) is 32.3 Å². The maximum Gasteiger partial charge on any atom is 0.303 e. The van der Waals surface area contributed by atoms with Crippen LogP contribution >= 0.6 is 0 Å². The second-order valence-electron chi connectivity index (χ2n) is 7.82. The van der Waals surface area contributed by atoms with Crippen molar-refractivity contribution >= 4 is 11.8 Å². The van der Waals surface area contributed by atoms with Gasteiger partial charge in [-0.25, -0.2) is 0 Å². The molecule has 0 heterocycles. The summed E-state index contributed by atoms with van der Waals surface area (Å²) in [6, 6.07) is 7.84. The molecule has 1 fully saturated rings. The second kappa shape index (κ2) is 12.4. The van der Waals surface area contributed by atoms with Gasteiger partial charge in [-0.2, -0.15) is 0 Å². The molecule has 0 unspecified atom stereocenters. The van der Waals surface area contributed by atoms with Crippen molar-refractivity contribution in [3.63, 3.8) is 0 Å². The summed E-state index contributed by atoms with van der Waals surface area (Å²) in [4.78, 5) is 22.8. The zero-order valence-electron chi connectivity index (χ0n) is 17.4. The molecule has 3 N–H and O–H groups in total. The van der Waals surface area contributed by atoms with Crippen LogP contribution in [-0.2, 0) is 27.4 Å². The predicted molar refractivity (Wildman–Crippen MR) is 114 cm³/mol. The summed E-state index contributed by atoms with van der Waals surface area (Å²) in [5.74, 6) is -1.43. The molecule has 1 aromatic rings. The third-order valence-corrected chi connectivity index (χ3v) is 5.35. The molecule has 0 radical (unpaired) electrons. The van der Waals surface area contributed by atoms with Crippen molar-refractivity contribution < 1.29 is 29.6 Å². The number of Topliss-reactive ketones (excluding diaryl/α,β-unsaturated/α-hetero) is 1. The van der Waals surface area contributed by atoms with E-state index in [1.54, 1.807) is 19.3 Å². The number of carbonyl (C=O) groups excluding carboxylic acids is 1. The van der Waals surface area contributed by atoms with E-state index in [9.17, 15) is 19.8 Å². The number of hydrogen-bond acceptors (Lipinski definition) is 5.